The SMILES string of the molecule is CCC[C@@H](C)Nc1nc(N(Cc2ccc(OC)cc2)Cc2ccc(OC)cc2)nc2ccn(Cc3ccc(CCl)cc3C)c(=O)c12. The van der Waals surface area contributed by atoms with Crippen LogP contribution in [0.3, 0.4) is 0 Å². The summed E-state index contributed by atoms with van der Waals surface area (Å²) < 4.78 is 12.5. The smallest absolute Gasteiger partial charge is 0.264 e. The van der Waals surface area contributed by atoms with Gasteiger partial charge in [0, 0.05) is 31.2 Å². The highest BCUT2D eigenvalue weighted by molar-refractivity contribution is 6.17. The van der Waals surface area contributed by atoms with Crippen LogP contribution in [0.25, 0.3) is 10.9 Å². The van der Waals surface area contributed by atoms with E-state index in [1.165, 1.54) is 0 Å². The molecule has 2 heterocycles. The molecular formula is C37H42ClN5O3. The maximum atomic E-state index is 14.1. The van der Waals surface area contributed by atoms with Gasteiger partial charge in [-0.05, 0) is 78.4 Å². The van der Waals surface area contributed by atoms with Crippen molar-refractivity contribution in [2.45, 2.75) is 65.2 Å². The summed E-state index contributed by atoms with van der Waals surface area (Å²) >= 11 is 6.04. The number of hydrogen-bond donors (Lipinski definition) is 1. The fraction of sp³-hybridized carbons (Fsp3) is 0.324. The number of fused-ring (bicyclic) bond motifs is 1. The highest BCUT2D eigenvalue weighted by Crippen LogP contribution is 2.26. The van der Waals surface area contributed by atoms with Crippen LogP contribution in [0, 0.1) is 6.92 Å². The Morgan fingerprint density at radius 2 is 1.50 bits per heavy atom. The van der Waals surface area contributed by atoms with Crippen LogP contribution in [0.5, 0.6) is 11.5 Å². The standard InChI is InChI=1S/C37H42ClN5O3/c1-6-7-26(3)39-35-34-33(18-19-42(36(34)44)24-30-13-8-29(21-38)20-25(30)2)40-37(41-35)43(22-27-9-14-31(45-4)15-10-27)23-28-11-16-32(46-5)17-12-28/h8-20,26H,6-7,21-24H2,1-5H3,(H,39,40,41)/t26-/m1/s1. The van der Waals surface area contributed by atoms with Crippen molar-refractivity contribution in [1.29, 1.82) is 0 Å². The highest BCUT2D eigenvalue weighted by Gasteiger charge is 2.20. The number of nitrogens with zero attached hydrogens (tertiary/aromatic N) is 4. The zero-order chi connectivity index (χ0) is 32.6. The van der Waals surface area contributed by atoms with Gasteiger partial charge in [0.2, 0.25) is 5.95 Å². The molecule has 2 aromatic heterocycles. The van der Waals surface area contributed by atoms with Gasteiger partial charge in [-0.1, -0.05) is 55.8 Å². The molecule has 0 bridgehead atoms. The number of rotatable bonds is 14. The van der Waals surface area contributed by atoms with Crippen molar-refractivity contribution in [3.63, 3.8) is 0 Å². The van der Waals surface area contributed by atoms with Gasteiger partial charge in [0.25, 0.3) is 5.56 Å². The van der Waals surface area contributed by atoms with Gasteiger partial charge in [0.1, 0.15) is 22.7 Å². The van der Waals surface area contributed by atoms with E-state index in [1.807, 2.05) is 79.9 Å². The Labute approximate surface area is 276 Å². The summed E-state index contributed by atoms with van der Waals surface area (Å²) in [6, 6.07) is 24.2. The first-order chi connectivity index (χ1) is 22.3. The van der Waals surface area contributed by atoms with E-state index < -0.39 is 0 Å². The minimum absolute atomic E-state index is 0.117. The minimum atomic E-state index is -0.132. The Hall–Kier alpha value is -4.56. The molecule has 0 unspecified atom stereocenters. The number of benzene rings is 3. The molecule has 0 amide bonds. The lowest BCUT2D eigenvalue weighted by atomic mass is 10.1. The molecule has 8 nitrogen and oxygen atoms in total. The predicted octanol–water partition coefficient (Wildman–Crippen LogP) is 7.71. The van der Waals surface area contributed by atoms with E-state index in [9.17, 15) is 4.79 Å². The molecule has 0 aliphatic carbocycles. The summed E-state index contributed by atoms with van der Waals surface area (Å²) in [6.45, 7) is 7.87. The van der Waals surface area contributed by atoms with E-state index in [-0.39, 0.29) is 11.6 Å². The van der Waals surface area contributed by atoms with E-state index in [0.717, 1.165) is 52.2 Å². The molecule has 0 spiro atoms. The average molecular weight is 640 g/mol. The quantitative estimate of drug-likeness (QED) is 0.125. The van der Waals surface area contributed by atoms with Gasteiger partial charge in [-0.25, -0.2) is 4.98 Å². The van der Waals surface area contributed by atoms with Crippen molar-refractivity contribution < 1.29 is 9.47 Å². The third kappa shape index (κ3) is 7.80. The number of hydrogen-bond acceptors (Lipinski definition) is 7. The Morgan fingerprint density at radius 3 is 2.04 bits per heavy atom. The van der Waals surface area contributed by atoms with E-state index in [2.05, 4.69) is 30.1 Å². The normalized spacial score (nSPS) is 11.8. The second-order valence-corrected chi connectivity index (χ2v) is 11.9. The molecule has 0 aliphatic rings. The van der Waals surface area contributed by atoms with Gasteiger partial charge >= 0.3 is 0 Å². The van der Waals surface area contributed by atoms with Crippen molar-refractivity contribution in [2.24, 2.45) is 0 Å². The number of halogens is 1. The molecule has 0 saturated carbocycles. The molecule has 5 aromatic rings. The molecule has 5 rings (SSSR count). The van der Waals surface area contributed by atoms with Crippen molar-refractivity contribution in [1.82, 2.24) is 14.5 Å². The van der Waals surface area contributed by atoms with E-state index in [0.29, 0.717) is 48.2 Å². The van der Waals surface area contributed by atoms with Crippen LogP contribution in [0.4, 0.5) is 11.8 Å². The lowest BCUT2D eigenvalue weighted by molar-refractivity contribution is 0.414. The maximum absolute atomic E-state index is 14.1. The highest BCUT2D eigenvalue weighted by atomic mass is 35.5. The zero-order valence-corrected chi connectivity index (χ0v) is 28.0. The van der Waals surface area contributed by atoms with Crippen LogP contribution >= 0.6 is 11.6 Å². The number of nitrogens with one attached hydrogen (secondary N) is 1. The average Bonchev–Trinajstić information content (AvgIpc) is 3.07. The largest absolute Gasteiger partial charge is 0.497 e. The number of aromatic nitrogens is 3. The van der Waals surface area contributed by atoms with Crippen LogP contribution in [0.1, 0.15) is 54.5 Å². The van der Waals surface area contributed by atoms with E-state index in [1.54, 1.807) is 18.8 Å². The lowest BCUT2D eigenvalue weighted by Crippen LogP contribution is -2.28. The number of alkyl halides is 1. The first-order valence-corrected chi connectivity index (χ1v) is 16.2. The Bertz CT molecular complexity index is 1770. The molecule has 1 atom stereocenters. The third-order valence-corrected chi connectivity index (χ3v) is 8.48. The van der Waals surface area contributed by atoms with Crippen LogP contribution in [0.15, 0.2) is 83.8 Å². The predicted molar refractivity (Wildman–Crippen MR) is 188 cm³/mol. The maximum Gasteiger partial charge on any atom is 0.264 e. The van der Waals surface area contributed by atoms with Crippen LogP contribution < -0.4 is 25.2 Å². The third-order valence-electron chi connectivity index (χ3n) is 8.17. The van der Waals surface area contributed by atoms with Crippen molar-refractivity contribution in [3.8, 4) is 11.5 Å². The van der Waals surface area contributed by atoms with Crippen molar-refractivity contribution in [2.75, 3.05) is 24.4 Å². The Balaban J connectivity index is 1.59. The summed E-state index contributed by atoms with van der Waals surface area (Å²) in [5.74, 6) is 3.13. The number of methoxy groups -OCH3 is 2. The van der Waals surface area contributed by atoms with Crippen LogP contribution in [-0.2, 0) is 25.5 Å². The second-order valence-electron chi connectivity index (χ2n) is 11.7. The monoisotopic (exact) mass is 639 g/mol. The van der Waals surface area contributed by atoms with E-state index >= 15 is 0 Å². The summed E-state index contributed by atoms with van der Waals surface area (Å²) in [7, 11) is 3.32. The molecule has 0 saturated heterocycles. The molecule has 0 radical (unpaired) electrons. The topological polar surface area (TPSA) is 81.5 Å². The van der Waals surface area contributed by atoms with Gasteiger partial charge in [0.15, 0.2) is 0 Å². The van der Waals surface area contributed by atoms with Crippen LogP contribution in [0.2, 0.25) is 0 Å². The molecule has 9 heteroatoms. The van der Waals surface area contributed by atoms with E-state index in [4.69, 9.17) is 31.0 Å². The van der Waals surface area contributed by atoms with Gasteiger partial charge in [0.05, 0.1) is 26.3 Å². The van der Waals surface area contributed by atoms with Crippen molar-refractivity contribution in [3.05, 3.63) is 117 Å². The first kappa shape index (κ1) is 32.8. The fourth-order valence-electron chi connectivity index (χ4n) is 5.58. The number of aryl methyl sites for hydroxylation is 1. The molecule has 240 valence electrons. The van der Waals surface area contributed by atoms with Gasteiger partial charge in [-0.15, -0.1) is 11.6 Å². The fourth-order valence-corrected chi connectivity index (χ4v) is 5.75. The Morgan fingerprint density at radius 1 is 0.891 bits per heavy atom. The number of ether oxygens (including phenoxy) is 2. The molecular weight excluding hydrogens is 598 g/mol. The lowest BCUT2D eigenvalue weighted by Gasteiger charge is -2.25. The summed E-state index contributed by atoms with van der Waals surface area (Å²) in [6.07, 6.45) is 3.77. The number of anilines is 2. The Kier molecular flexibility index (Phi) is 10.8. The second kappa shape index (κ2) is 15.1. The molecule has 3 aromatic carbocycles. The zero-order valence-electron chi connectivity index (χ0n) is 27.2. The number of pyridine rings is 1. The molecule has 1 N–H and O–H groups in total. The van der Waals surface area contributed by atoms with Crippen molar-refractivity contribution >= 4 is 34.3 Å². The molecule has 0 aliphatic heterocycles. The summed E-state index contributed by atoms with van der Waals surface area (Å²) in [4.78, 5) is 26.3. The van der Waals surface area contributed by atoms with Gasteiger partial charge < -0.3 is 24.3 Å². The summed E-state index contributed by atoms with van der Waals surface area (Å²) in [5.41, 5.74) is 5.84. The van der Waals surface area contributed by atoms with Crippen LogP contribution in [-0.4, -0.2) is 34.8 Å². The van der Waals surface area contributed by atoms with Gasteiger partial charge in [-0.2, -0.15) is 4.98 Å². The van der Waals surface area contributed by atoms with Gasteiger partial charge in [-0.3, -0.25) is 4.79 Å². The summed E-state index contributed by atoms with van der Waals surface area (Å²) in [5, 5.41) is 4.04. The molecule has 0 fully saturated rings. The molecule has 46 heavy (non-hydrogen) atoms. The first-order valence-electron chi connectivity index (χ1n) is 15.6. The minimum Gasteiger partial charge on any atom is -0.497 e.